The number of sulfone groups is 1. The second-order valence-corrected chi connectivity index (χ2v) is 6.12. The van der Waals surface area contributed by atoms with E-state index in [-0.39, 0.29) is 17.1 Å². The normalized spacial score (nSPS) is 11.6. The molecule has 0 aromatic heterocycles. The molecule has 102 valence electrons. The number of carbonyl (C=O) groups is 1. The van der Waals surface area contributed by atoms with Crippen LogP contribution in [0.25, 0.3) is 0 Å². The van der Waals surface area contributed by atoms with E-state index < -0.39 is 9.84 Å². The van der Waals surface area contributed by atoms with Gasteiger partial charge >= 0.3 is 0 Å². The zero-order valence-corrected chi connectivity index (χ0v) is 11.6. The highest BCUT2D eigenvalue weighted by Crippen LogP contribution is 2.11. The number of allylic oxidation sites excluding steroid dienone is 1. The molecule has 3 nitrogen and oxygen atoms in total. The van der Waals surface area contributed by atoms with Crippen molar-refractivity contribution >= 4 is 15.6 Å². The van der Waals surface area contributed by atoms with Gasteiger partial charge in [0.05, 0.1) is 4.90 Å². The van der Waals surface area contributed by atoms with E-state index >= 15 is 0 Å². The van der Waals surface area contributed by atoms with Crippen molar-refractivity contribution in [3.8, 4) is 0 Å². The van der Waals surface area contributed by atoms with E-state index in [1.807, 2.05) is 30.3 Å². The van der Waals surface area contributed by atoms with Crippen LogP contribution in [0.2, 0.25) is 0 Å². The molecule has 0 aliphatic rings. The third kappa shape index (κ3) is 3.90. The average Bonchev–Trinajstić information content (AvgIpc) is 2.47. The van der Waals surface area contributed by atoms with Gasteiger partial charge in [-0.15, -0.1) is 0 Å². The Morgan fingerprint density at radius 3 is 2.05 bits per heavy atom. The SMILES string of the molecule is O=C(/C=C/S(=O)(=O)c1ccccc1)Cc1ccccc1. The third-order valence-electron chi connectivity index (χ3n) is 2.73. The second-order valence-electron chi connectivity index (χ2n) is 4.29. The van der Waals surface area contributed by atoms with E-state index in [9.17, 15) is 13.2 Å². The van der Waals surface area contributed by atoms with Gasteiger partial charge in [-0.25, -0.2) is 8.42 Å². The zero-order valence-electron chi connectivity index (χ0n) is 10.8. The highest BCUT2D eigenvalue weighted by molar-refractivity contribution is 7.94. The van der Waals surface area contributed by atoms with Crippen molar-refractivity contribution < 1.29 is 13.2 Å². The molecule has 4 heteroatoms. The molecule has 0 aliphatic carbocycles. The first kappa shape index (κ1) is 14.2. The molecule has 2 aromatic rings. The van der Waals surface area contributed by atoms with Crippen molar-refractivity contribution in [2.75, 3.05) is 0 Å². The highest BCUT2D eigenvalue weighted by atomic mass is 32.2. The fourth-order valence-electron chi connectivity index (χ4n) is 1.71. The molecule has 2 rings (SSSR count). The van der Waals surface area contributed by atoms with Gasteiger partial charge in [-0.05, 0) is 23.8 Å². The van der Waals surface area contributed by atoms with E-state index in [2.05, 4.69) is 0 Å². The quantitative estimate of drug-likeness (QED) is 0.794. The largest absolute Gasteiger partial charge is 0.294 e. The first-order valence-electron chi connectivity index (χ1n) is 6.13. The van der Waals surface area contributed by atoms with Crippen molar-refractivity contribution in [2.24, 2.45) is 0 Å². The number of rotatable bonds is 5. The van der Waals surface area contributed by atoms with E-state index in [1.54, 1.807) is 18.2 Å². The zero-order chi connectivity index (χ0) is 14.4. The Kier molecular flexibility index (Phi) is 4.48. The lowest BCUT2D eigenvalue weighted by atomic mass is 10.1. The van der Waals surface area contributed by atoms with Crippen LogP contribution in [0.5, 0.6) is 0 Å². The monoisotopic (exact) mass is 286 g/mol. The minimum absolute atomic E-state index is 0.184. The Morgan fingerprint density at radius 1 is 0.900 bits per heavy atom. The summed E-state index contributed by atoms with van der Waals surface area (Å²) in [5, 5.41) is 0.966. The van der Waals surface area contributed by atoms with Gasteiger partial charge in [0.2, 0.25) is 0 Å². The van der Waals surface area contributed by atoms with Crippen molar-refractivity contribution in [3.63, 3.8) is 0 Å². The van der Waals surface area contributed by atoms with Gasteiger partial charge in [0, 0.05) is 11.8 Å². The molecule has 20 heavy (non-hydrogen) atoms. The fourth-order valence-corrected chi connectivity index (χ4v) is 2.73. The molecular formula is C16H14O3S. The number of benzene rings is 2. The lowest BCUT2D eigenvalue weighted by molar-refractivity contribution is -0.114. The molecule has 0 N–H and O–H groups in total. The molecule has 0 saturated carbocycles. The Balaban J connectivity index is 2.08. The molecule has 0 spiro atoms. The minimum atomic E-state index is -3.55. The molecule has 0 saturated heterocycles. The Bertz CT molecular complexity index is 702. The van der Waals surface area contributed by atoms with Crippen LogP contribution < -0.4 is 0 Å². The maximum Gasteiger partial charge on any atom is 0.199 e. The van der Waals surface area contributed by atoms with Crippen molar-refractivity contribution in [2.45, 2.75) is 11.3 Å². The van der Waals surface area contributed by atoms with Crippen molar-refractivity contribution in [3.05, 3.63) is 77.7 Å². The number of ketones is 1. The number of hydrogen-bond acceptors (Lipinski definition) is 3. The molecule has 0 fully saturated rings. The van der Waals surface area contributed by atoms with Crippen molar-refractivity contribution in [1.29, 1.82) is 0 Å². The van der Waals surface area contributed by atoms with Crippen LogP contribution in [0, 0.1) is 0 Å². The Morgan fingerprint density at radius 2 is 1.45 bits per heavy atom. The van der Waals surface area contributed by atoms with E-state index in [4.69, 9.17) is 0 Å². The molecule has 0 unspecified atom stereocenters. The van der Waals surface area contributed by atoms with Gasteiger partial charge in [0.15, 0.2) is 15.6 Å². The summed E-state index contributed by atoms with van der Waals surface area (Å²) < 4.78 is 23.9. The molecule has 0 aliphatic heterocycles. The standard InChI is InChI=1S/C16H14O3S/c17-15(13-14-7-3-1-4-8-14)11-12-20(18,19)16-9-5-2-6-10-16/h1-12H,13H2/b12-11+. The summed E-state index contributed by atoms with van der Waals surface area (Å²) in [6.45, 7) is 0. The highest BCUT2D eigenvalue weighted by Gasteiger charge is 2.10. The first-order chi connectivity index (χ1) is 9.58. The Labute approximate surface area is 118 Å². The van der Waals surface area contributed by atoms with Gasteiger partial charge in [-0.2, -0.15) is 0 Å². The van der Waals surface area contributed by atoms with E-state index in [0.717, 1.165) is 17.0 Å². The lowest BCUT2D eigenvalue weighted by Gasteiger charge is -1.98. The van der Waals surface area contributed by atoms with Crippen molar-refractivity contribution in [1.82, 2.24) is 0 Å². The summed E-state index contributed by atoms with van der Waals surface area (Å²) in [6, 6.07) is 17.2. The molecule has 0 heterocycles. The molecule has 2 aromatic carbocycles. The van der Waals surface area contributed by atoms with Gasteiger partial charge < -0.3 is 0 Å². The molecule has 0 atom stereocenters. The lowest BCUT2D eigenvalue weighted by Crippen LogP contribution is -2.01. The maximum absolute atomic E-state index is 12.0. The second kappa shape index (κ2) is 6.30. The summed E-state index contributed by atoms with van der Waals surface area (Å²) in [6.07, 6.45) is 1.32. The predicted molar refractivity (Wildman–Crippen MR) is 77.9 cm³/mol. The first-order valence-corrected chi connectivity index (χ1v) is 7.67. The molecular weight excluding hydrogens is 272 g/mol. The molecule has 0 bridgehead atoms. The van der Waals surface area contributed by atoms with Crippen LogP contribution >= 0.6 is 0 Å². The molecule has 0 radical (unpaired) electrons. The van der Waals surface area contributed by atoms with Gasteiger partial charge in [-0.3, -0.25) is 4.79 Å². The number of hydrogen-bond donors (Lipinski definition) is 0. The van der Waals surface area contributed by atoms with Gasteiger partial charge in [0.1, 0.15) is 0 Å². The van der Waals surface area contributed by atoms with E-state index in [0.29, 0.717) is 0 Å². The third-order valence-corrected chi connectivity index (χ3v) is 4.15. The van der Waals surface area contributed by atoms with Crippen LogP contribution in [0.1, 0.15) is 5.56 Å². The maximum atomic E-state index is 12.0. The average molecular weight is 286 g/mol. The van der Waals surface area contributed by atoms with Crippen LogP contribution in [-0.2, 0) is 21.1 Å². The summed E-state index contributed by atoms with van der Waals surface area (Å²) >= 11 is 0. The smallest absolute Gasteiger partial charge is 0.199 e. The minimum Gasteiger partial charge on any atom is -0.294 e. The number of carbonyl (C=O) groups excluding carboxylic acids is 1. The van der Waals surface area contributed by atoms with Crippen LogP contribution in [0.4, 0.5) is 0 Å². The van der Waals surface area contributed by atoms with E-state index in [1.165, 1.54) is 12.1 Å². The summed E-state index contributed by atoms with van der Waals surface area (Å²) in [5.74, 6) is -0.240. The Hall–Kier alpha value is -2.20. The molecule has 0 amide bonds. The fraction of sp³-hybridized carbons (Fsp3) is 0.0625. The topological polar surface area (TPSA) is 51.2 Å². The summed E-state index contributed by atoms with van der Waals surface area (Å²) in [4.78, 5) is 11.9. The summed E-state index contributed by atoms with van der Waals surface area (Å²) in [7, 11) is -3.55. The predicted octanol–water partition coefficient (Wildman–Crippen LogP) is 2.79. The van der Waals surface area contributed by atoms with Gasteiger partial charge in [-0.1, -0.05) is 48.5 Å². The van der Waals surface area contributed by atoms with Crippen LogP contribution in [0.15, 0.2) is 77.0 Å². The van der Waals surface area contributed by atoms with Crippen LogP contribution in [0.3, 0.4) is 0 Å². The summed E-state index contributed by atoms with van der Waals surface area (Å²) in [5.41, 5.74) is 0.860. The van der Waals surface area contributed by atoms with Gasteiger partial charge in [0.25, 0.3) is 0 Å². The van der Waals surface area contributed by atoms with Crippen LogP contribution in [-0.4, -0.2) is 14.2 Å².